The smallest absolute Gasteiger partial charge is 0.457 e. The van der Waals surface area contributed by atoms with Crippen molar-refractivity contribution in [2.45, 2.75) is 5.41 Å². The van der Waals surface area contributed by atoms with Crippen molar-refractivity contribution in [2.75, 3.05) is 0 Å². The van der Waals surface area contributed by atoms with Crippen molar-refractivity contribution in [3.63, 3.8) is 0 Å². The molecule has 2 N–H and O–H groups in total. The van der Waals surface area contributed by atoms with Gasteiger partial charge >= 0.3 is 7.12 Å². The molecule has 2 aliphatic rings. The molecule has 1 aliphatic carbocycles. The summed E-state index contributed by atoms with van der Waals surface area (Å²) in [5.74, 6) is 1.51. The minimum atomic E-state index is -1.58. The van der Waals surface area contributed by atoms with E-state index in [1.54, 1.807) is 6.07 Å². The highest BCUT2D eigenvalue weighted by Gasteiger charge is 2.49. The molecule has 3 nitrogen and oxygen atoms in total. The molecule has 0 atom stereocenters. The van der Waals surface area contributed by atoms with Crippen molar-refractivity contribution in [1.29, 1.82) is 0 Å². The van der Waals surface area contributed by atoms with E-state index in [4.69, 9.17) is 4.74 Å². The van der Waals surface area contributed by atoms with Crippen LogP contribution in [0.2, 0.25) is 0 Å². The van der Waals surface area contributed by atoms with E-state index >= 15 is 0 Å². The highest BCUT2D eigenvalue weighted by atomic mass is 16.5. The molecule has 0 aromatic heterocycles. The lowest BCUT2D eigenvalue weighted by molar-refractivity contribution is 0.424. The zero-order chi connectivity index (χ0) is 23.6. The van der Waals surface area contributed by atoms with Crippen molar-refractivity contribution < 1.29 is 14.8 Å². The highest BCUT2D eigenvalue weighted by molar-refractivity contribution is 6.58. The zero-order valence-corrected chi connectivity index (χ0v) is 18.8. The lowest BCUT2D eigenvalue weighted by Crippen LogP contribution is -2.38. The molecule has 1 aliphatic heterocycles. The van der Waals surface area contributed by atoms with Crippen LogP contribution in [0.15, 0.2) is 115 Å². The molecule has 0 radical (unpaired) electrons. The average molecular weight is 452 g/mol. The van der Waals surface area contributed by atoms with Gasteiger partial charge in [-0.15, -0.1) is 0 Å². The molecular formula is C31H21BO3. The van der Waals surface area contributed by atoms with E-state index in [0.717, 1.165) is 39.1 Å². The second-order valence-electron chi connectivity index (χ2n) is 9.11. The Labute approximate surface area is 204 Å². The summed E-state index contributed by atoms with van der Waals surface area (Å²) in [7, 11) is -1.58. The number of hydrogen-bond acceptors (Lipinski definition) is 3. The molecule has 1 heterocycles. The predicted molar refractivity (Wildman–Crippen MR) is 139 cm³/mol. The minimum absolute atomic E-state index is 0.433. The lowest BCUT2D eigenvalue weighted by Gasteiger charge is -2.42. The van der Waals surface area contributed by atoms with Crippen molar-refractivity contribution >= 4 is 12.6 Å². The molecule has 0 saturated heterocycles. The summed E-state index contributed by atoms with van der Waals surface area (Å²) in [4.78, 5) is 0. The van der Waals surface area contributed by atoms with Crippen LogP contribution in [0.1, 0.15) is 22.3 Å². The van der Waals surface area contributed by atoms with E-state index in [0.29, 0.717) is 11.2 Å². The maximum Gasteiger partial charge on any atom is 0.488 e. The van der Waals surface area contributed by atoms with E-state index in [1.165, 1.54) is 11.1 Å². The van der Waals surface area contributed by atoms with Crippen molar-refractivity contribution in [3.8, 4) is 33.8 Å². The summed E-state index contributed by atoms with van der Waals surface area (Å²) in [5, 5.41) is 20.2. The minimum Gasteiger partial charge on any atom is -0.457 e. The van der Waals surface area contributed by atoms with Gasteiger partial charge in [-0.1, -0.05) is 103 Å². The van der Waals surface area contributed by atoms with E-state index in [9.17, 15) is 10.0 Å². The SMILES string of the molecule is OB(O)c1ccc2c(c1)C1(c3ccccc3O2)c2ccccc2-c2ccccc2-c2ccccc21. The van der Waals surface area contributed by atoms with E-state index in [-0.39, 0.29) is 0 Å². The van der Waals surface area contributed by atoms with Gasteiger partial charge in [0.15, 0.2) is 0 Å². The monoisotopic (exact) mass is 452 g/mol. The number of para-hydroxylation sites is 1. The number of hydrogen-bond donors (Lipinski definition) is 2. The Kier molecular flexibility index (Phi) is 4.31. The van der Waals surface area contributed by atoms with Crippen LogP contribution < -0.4 is 10.2 Å². The number of rotatable bonds is 1. The Morgan fingerprint density at radius 2 is 0.971 bits per heavy atom. The van der Waals surface area contributed by atoms with Crippen molar-refractivity contribution in [3.05, 3.63) is 138 Å². The summed E-state index contributed by atoms with van der Waals surface area (Å²) in [6, 6.07) is 39.3. The zero-order valence-electron chi connectivity index (χ0n) is 18.8. The number of benzene rings is 5. The molecule has 5 aromatic carbocycles. The van der Waals surface area contributed by atoms with Crippen LogP contribution in [0.25, 0.3) is 22.3 Å². The van der Waals surface area contributed by atoms with Crippen molar-refractivity contribution in [2.24, 2.45) is 0 Å². The van der Waals surface area contributed by atoms with E-state index < -0.39 is 12.5 Å². The van der Waals surface area contributed by atoms with Crippen LogP contribution in [0, 0.1) is 0 Å². The van der Waals surface area contributed by atoms with E-state index in [1.807, 2.05) is 30.3 Å². The fourth-order valence-electron chi connectivity index (χ4n) is 5.99. The summed E-state index contributed by atoms with van der Waals surface area (Å²) < 4.78 is 6.42. The summed E-state index contributed by atoms with van der Waals surface area (Å²) in [6.07, 6.45) is 0. The van der Waals surface area contributed by atoms with Crippen LogP contribution >= 0.6 is 0 Å². The normalized spacial score (nSPS) is 13.9. The topological polar surface area (TPSA) is 49.7 Å². The van der Waals surface area contributed by atoms with Gasteiger partial charge in [0.05, 0.1) is 5.41 Å². The van der Waals surface area contributed by atoms with Crippen LogP contribution in [-0.4, -0.2) is 17.2 Å². The Morgan fingerprint density at radius 3 is 1.57 bits per heavy atom. The van der Waals surface area contributed by atoms with Gasteiger partial charge in [0, 0.05) is 11.1 Å². The first-order valence-electron chi connectivity index (χ1n) is 11.8. The molecule has 166 valence electrons. The van der Waals surface area contributed by atoms with Gasteiger partial charge in [-0.25, -0.2) is 0 Å². The third-order valence-corrected chi connectivity index (χ3v) is 7.39. The molecular weight excluding hydrogens is 431 g/mol. The summed E-state index contributed by atoms with van der Waals surface area (Å²) in [5.41, 5.74) is 8.57. The molecule has 7 rings (SSSR count). The van der Waals surface area contributed by atoms with Gasteiger partial charge in [0.2, 0.25) is 0 Å². The molecule has 4 heteroatoms. The van der Waals surface area contributed by atoms with Gasteiger partial charge in [0.25, 0.3) is 0 Å². The van der Waals surface area contributed by atoms with Crippen LogP contribution in [0.3, 0.4) is 0 Å². The van der Waals surface area contributed by atoms with Crippen LogP contribution in [-0.2, 0) is 5.41 Å². The third kappa shape index (κ3) is 2.69. The predicted octanol–water partition coefficient (Wildman–Crippen LogP) is 5.50. The lowest BCUT2D eigenvalue weighted by atomic mass is 9.61. The molecule has 0 fully saturated rings. The van der Waals surface area contributed by atoms with Gasteiger partial charge in [-0.3, -0.25) is 0 Å². The Balaban J connectivity index is 1.75. The first-order valence-corrected chi connectivity index (χ1v) is 11.8. The molecule has 1 spiro atoms. The quantitative estimate of drug-likeness (QED) is 0.324. The molecule has 0 unspecified atom stereocenters. The Morgan fingerprint density at radius 1 is 0.486 bits per heavy atom. The maximum absolute atomic E-state index is 10.1. The third-order valence-electron chi connectivity index (χ3n) is 7.39. The van der Waals surface area contributed by atoms with Crippen LogP contribution in [0.4, 0.5) is 0 Å². The Hall–Kier alpha value is -4.12. The standard InChI is InChI=1S/C31H21BO3/c33-32(34)20-17-18-30-28(19-20)31(27-15-7-8-16-29(27)35-30)25-13-5-3-11-23(25)21-9-1-2-10-22(21)24-12-4-6-14-26(24)31/h1-19,33-34H. The highest BCUT2D eigenvalue weighted by Crippen LogP contribution is 2.60. The average Bonchev–Trinajstić information content (AvgIpc) is 3.01. The molecule has 0 saturated carbocycles. The largest absolute Gasteiger partial charge is 0.488 e. The van der Waals surface area contributed by atoms with Crippen LogP contribution in [0.5, 0.6) is 11.5 Å². The molecule has 0 amide bonds. The summed E-state index contributed by atoms with van der Waals surface area (Å²) in [6.45, 7) is 0. The first-order chi connectivity index (χ1) is 17.2. The number of ether oxygens (including phenoxy) is 1. The fraction of sp³-hybridized carbons (Fsp3) is 0.0323. The molecule has 0 bridgehead atoms. The second-order valence-corrected chi connectivity index (χ2v) is 9.11. The summed E-state index contributed by atoms with van der Waals surface area (Å²) >= 11 is 0. The second kappa shape index (κ2) is 7.44. The molecule has 5 aromatic rings. The van der Waals surface area contributed by atoms with E-state index in [2.05, 4.69) is 78.9 Å². The number of fused-ring (bicyclic) bond motifs is 11. The fourth-order valence-corrected chi connectivity index (χ4v) is 5.99. The van der Waals surface area contributed by atoms with Gasteiger partial charge in [0.1, 0.15) is 11.5 Å². The Bertz CT molecular complexity index is 1560. The first kappa shape index (κ1) is 20.3. The van der Waals surface area contributed by atoms with Gasteiger partial charge < -0.3 is 14.8 Å². The molecule has 35 heavy (non-hydrogen) atoms. The van der Waals surface area contributed by atoms with Gasteiger partial charge in [-0.05, 0) is 51.0 Å². The van der Waals surface area contributed by atoms with Crippen molar-refractivity contribution in [1.82, 2.24) is 0 Å². The van der Waals surface area contributed by atoms with Gasteiger partial charge in [-0.2, -0.15) is 0 Å². The maximum atomic E-state index is 10.1.